The molecule has 1 aliphatic rings. The predicted octanol–water partition coefficient (Wildman–Crippen LogP) is 1.33. The molecule has 1 saturated heterocycles. The van der Waals surface area contributed by atoms with Gasteiger partial charge in [-0.3, -0.25) is 4.79 Å². The van der Waals surface area contributed by atoms with Crippen molar-refractivity contribution in [3.8, 4) is 0 Å². The van der Waals surface area contributed by atoms with Gasteiger partial charge in [0.1, 0.15) is 0 Å². The van der Waals surface area contributed by atoms with Crippen LogP contribution in [-0.2, 0) is 9.53 Å². The fourth-order valence-corrected chi connectivity index (χ4v) is 2.09. The molecule has 4 nitrogen and oxygen atoms in total. The SMILES string of the molecule is CC(C)(C)CC(O)CNC(=O)C1CCCOC1. The van der Waals surface area contributed by atoms with Crippen LogP contribution in [0, 0.1) is 11.3 Å². The lowest BCUT2D eigenvalue weighted by Gasteiger charge is -2.24. The lowest BCUT2D eigenvalue weighted by molar-refractivity contribution is -0.129. The zero-order chi connectivity index (χ0) is 12.9. The maximum atomic E-state index is 11.8. The first-order valence-corrected chi connectivity index (χ1v) is 6.42. The third kappa shape index (κ3) is 6.03. The molecule has 0 spiro atoms. The van der Waals surface area contributed by atoms with E-state index in [4.69, 9.17) is 4.74 Å². The van der Waals surface area contributed by atoms with Crippen LogP contribution in [0.5, 0.6) is 0 Å². The van der Waals surface area contributed by atoms with Crippen molar-refractivity contribution in [1.82, 2.24) is 5.32 Å². The smallest absolute Gasteiger partial charge is 0.225 e. The van der Waals surface area contributed by atoms with Crippen LogP contribution in [0.15, 0.2) is 0 Å². The van der Waals surface area contributed by atoms with E-state index in [1.165, 1.54) is 0 Å². The summed E-state index contributed by atoms with van der Waals surface area (Å²) in [5.41, 5.74) is 0.0814. The van der Waals surface area contributed by atoms with Gasteiger partial charge in [0.05, 0.1) is 18.6 Å². The summed E-state index contributed by atoms with van der Waals surface area (Å²) >= 11 is 0. The average molecular weight is 243 g/mol. The largest absolute Gasteiger partial charge is 0.391 e. The summed E-state index contributed by atoms with van der Waals surface area (Å²) in [6.07, 6.45) is 2.06. The van der Waals surface area contributed by atoms with Crippen LogP contribution >= 0.6 is 0 Å². The molecule has 0 radical (unpaired) electrons. The van der Waals surface area contributed by atoms with E-state index in [2.05, 4.69) is 26.1 Å². The molecule has 1 heterocycles. The first kappa shape index (κ1) is 14.5. The molecular weight excluding hydrogens is 218 g/mol. The van der Waals surface area contributed by atoms with Crippen molar-refractivity contribution in [1.29, 1.82) is 0 Å². The highest BCUT2D eigenvalue weighted by Crippen LogP contribution is 2.20. The number of carbonyl (C=O) groups excluding carboxylic acids is 1. The third-order valence-corrected chi connectivity index (χ3v) is 2.89. The topological polar surface area (TPSA) is 58.6 Å². The van der Waals surface area contributed by atoms with E-state index < -0.39 is 6.10 Å². The van der Waals surface area contributed by atoms with E-state index in [0.29, 0.717) is 19.6 Å². The summed E-state index contributed by atoms with van der Waals surface area (Å²) in [6, 6.07) is 0. The maximum absolute atomic E-state index is 11.8. The Morgan fingerprint density at radius 2 is 2.24 bits per heavy atom. The quantitative estimate of drug-likeness (QED) is 0.783. The van der Waals surface area contributed by atoms with E-state index in [9.17, 15) is 9.90 Å². The van der Waals surface area contributed by atoms with E-state index in [1.807, 2.05) is 0 Å². The van der Waals surface area contributed by atoms with Gasteiger partial charge in [-0.25, -0.2) is 0 Å². The van der Waals surface area contributed by atoms with Gasteiger partial charge in [-0.1, -0.05) is 20.8 Å². The van der Waals surface area contributed by atoms with Gasteiger partial charge in [0.25, 0.3) is 0 Å². The second-order valence-electron chi connectivity index (χ2n) is 6.08. The first-order chi connectivity index (χ1) is 7.88. The van der Waals surface area contributed by atoms with Crippen molar-refractivity contribution in [2.24, 2.45) is 11.3 Å². The van der Waals surface area contributed by atoms with Crippen molar-refractivity contribution in [3.63, 3.8) is 0 Å². The maximum Gasteiger partial charge on any atom is 0.225 e. The second-order valence-corrected chi connectivity index (χ2v) is 6.08. The van der Waals surface area contributed by atoms with Crippen LogP contribution < -0.4 is 5.32 Å². The number of aliphatic hydroxyl groups is 1. The minimum atomic E-state index is -0.469. The molecule has 1 amide bonds. The van der Waals surface area contributed by atoms with E-state index in [0.717, 1.165) is 19.4 Å². The van der Waals surface area contributed by atoms with Crippen molar-refractivity contribution >= 4 is 5.91 Å². The van der Waals surface area contributed by atoms with Gasteiger partial charge in [-0.05, 0) is 24.7 Å². The predicted molar refractivity (Wildman–Crippen MR) is 66.6 cm³/mol. The molecule has 0 aromatic heterocycles. The molecule has 0 aromatic carbocycles. The van der Waals surface area contributed by atoms with Crippen LogP contribution in [0.1, 0.15) is 40.0 Å². The minimum absolute atomic E-state index is 0.0117. The number of hydrogen-bond donors (Lipinski definition) is 2. The second kappa shape index (κ2) is 6.36. The van der Waals surface area contributed by atoms with E-state index >= 15 is 0 Å². The summed E-state index contributed by atoms with van der Waals surface area (Å²) in [6.45, 7) is 7.84. The van der Waals surface area contributed by atoms with Crippen molar-refractivity contribution in [3.05, 3.63) is 0 Å². The number of hydrogen-bond acceptors (Lipinski definition) is 3. The Morgan fingerprint density at radius 3 is 2.76 bits per heavy atom. The molecule has 0 aromatic rings. The summed E-state index contributed by atoms with van der Waals surface area (Å²) in [5, 5.41) is 12.6. The minimum Gasteiger partial charge on any atom is -0.391 e. The van der Waals surface area contributed by atoms with Crippen LogP contribution in [0.25, 0.3) is 0 Å². The molecular formula is C13H25NO3. The summed E-state index contributed by atoms with van der Waals surface area (Å²) in [4.78, 5) is 11.8. The molecule has 2 unspecified atom stereocenters. The Hall–Kier alpha value is -0.610. The molecule has 0 aliphatic carbocycles. The molecule has 1 aliphatic heterocycles. The van der Waals surface area contributed by atoms with Crippen molar-refractivity contribution < 1.29 is 14.6 Å². The van der Waals surface area contributed by atoms with Gasteiger partial charge < -0.3 is 15.2 Å². The zero-order valence-corrected chi connectivity index (χ0v) is 11.2. The number of nitrogens with one attached hydrogen (secondary N) is 1. The molecule has 0 saturated carbocycles. The number of amides is 1. The molecule has 2 atom stereocenters. The van der Waals surface area contributed by atoms with Crippen LogP contribution in [0.3, 0.4) is 0 Å². The van der Waals surface area contributed by atoms with Crippen LogP contribution in [-0.4, -0.2) is 36.9 Å². The molecule has 1 fully saturated rings. The van der Waals surface area contributed by atoms with Gasteiger partial charge >= 0.3 is 0 Å². The Balaban J connectivity index is 2.22. The molecule has 17 heavy (non-hydrogen) atoms. The van der Waals surface area contributed by atoms with Crippen molar-refractivity contribution in [2.45, 2.75) is 46.1 Å². The number of carbonyl (C=O) groups is 1. The lowest BCUT2D eigenvalue weighted by Crippen LogP contribution is -2.40. The third-order valence-electron chi connectivity index (χ3n) is 2.89. The summed E-state index contributed by atoms with van der Waals surface area (Å²) in [5.74, 6) is -0.0248. The van der Waals surface area contributed by atoms with Crippen molar-refractivity contribution in [2.75, 3.05) is 19.8 Å². The fraction of sp³-hybridized carbons (Fsp3) is 0.923. The number of ether oxygens (including phenoxy) is 1. The first-order valence-electron chi connectivity index (χ1n) is 6.42. The van der Waals surface area contributed by atoms with Crippen LogP contribution in [0.4, 0.5) is 0 Å². The van der Waals surface area contributed by atoms with Gasteiger partial charge in [0, 0.05) is 13.2 Å². The Bertz CT molecular complexity index is 242. The lowest BCUT2D eigenvalue weighted by atomic mass is 9.89. The van der Waals surface area contributed by atoms with E-state index in [-0.39, 0.29) is 17.2 Å². The highest BCUT2D eigenvalue weighted by Gasteiger charge is 2.23. The molecule has 100 valence electrons. The molecule has 2 N–H and O–H groups in total. The summed E-state index contributed by atoms with van der Waals surface area (Å²) < 4.78 is 5.27. The zero-order valence-electron chi connectivity index (χ0n) is 11.2. The molecule has 0 bridgehead atoms. The summed E-state index contributed by atoms with van der Waals surface area (Å²) in [7, 11) is 0. The monoisotopic (exact) mass is 243 g/mol. The molecule has 4 heteroatoms. The normalized spacial score (nSPS) is 23.2. The standard InChI is InChI=1S/C13H25NO3/c1-13(2,3)7-11(15)8-14-12(16)10-5-4-6-17-9-10/h10-11,15H,4-9H2,1-3H3,(H,14,16). The fourth-order valence-electron chi connectivity index (χ4n) is 2.09. The Morgan fingerprint density at radius 1 is 1.53 bits per heavy atom. The van der Waals surface area contributed by atoms with Crippen LogP contribution in [0.2, 0.25) is 0 Å². The van der Waals surface area contributed by atoms with E-state index in [1.54, 1.807) is 0 Å². The Labute approximate surface area is 104 Å². The highest BCUT2D eigenvalue weighted by molar-refractivity contribution is 5.78. The number of aliphatic hydroxyl groups excluding tert-OH is 1. The molecule has 1 rings (SSSR count). The average Bonchev–Trinajstić information content (AvgIpc) is 2.25. The Kier molecular flexibility index (Phi) is 5.40. The van der Waals surface area contributed by atoms with Gasteiger partial charge in [0.2, 0.25) is 5.91 Å². The van der Waals surface area contributed by atoms with Gasteiger partial charge in [-0.2, -0.15) is 0 Å². The number of rotatable bonds is 4. The van der Waals surface area contributed by atoms with Gasteiger partial charge in [-0.15, -0.1) is 0 Å². The highest BCUT2D eigenvalue weighted by atomic mass is 16.5. The van der Waals surface area contributed by atoms with Gasteiger partial charge in [0.15, 0.2) is 0 Å².